The Balaban J connectivity index is 1.91. The number of rotatable bonds is 7. The molecular formula is C16H24NO5P. The van der Waals surface area contributed by atoms with Gasteiger partial charge < -0.3 is 9.26 Å². The molecule has 23 heavy (non-hydrogen) atoms. The second-order valence-electron chi connectivity index (χ2n) is 5.63. The van der Waals surface area contributed by atoms with E-state index in [9.17, 15) is 9.36 Å². The molecule has 7 heteroatoms. The fraction of sp³-hybridized carbons (Fsp3) is 0.562. The first kappa shape index (κ1) is 18.0. The molecule has 1 aromatic rings. The van der Waals surface area contributed by atoms with Crippen molar-refractivity contribution in [2.75, 3.05) is 7.11 Å². The molecule has 0 bridgehead atoms. The van der Waals surface area contributed by atoms with E-state index in [1.807, 2.05) is 6.07 Å². The van der Waals surface area contributed by atoms with Gasteiger partial charge in [-0.25, -0.2) is 4.57 Å². The molecule has 1 aliphatic rings. The molecule has 0 saturated heterocycles. The average Bonchev–Trinajstić information content (AvgIpc) is 2.56. The van der Waals surface area contributed by atoms with Crippen LogP contribution >= 0.6 is 7.75 Å². The number of esters is 1. The molecule has 128 valence electrons. The van der Waals surface area contributed by atoms with E-state index in [1.165, 1.54) is 13.5 Å². The smallest absolute Gasteiger partial charge is 0.459 e. The number of para-hydroxylation sites is 1. The highest BCUT2D eigenvalue weighted by Gasteiger charge is 2.32. The molecule has 2 rings (SSSR count). The van der Waals surface area contributed by atoms with Crippen LogP contribution in [0.5, 0.6) is 5.75 Å². The van der Waals surface area contributed by atoms with Crippen molar-refractivity contribution in [3.63, 3.8) is 0 Å². The molecule has 1 N–H and O–H groups in total. The first-order chi connectivity index (χ1) is 11.0. The van der Waals surface area contributed by atoms with Gasteiger partial charge in [0, 0.05) is 7.11 Å². The maximum absolute atomic E-state index is 12.6. The standard InChI is InChI=1S/C16H24NO5P/c1-13(16(18)21-14-9-5-3-6-10-14)17-23(19,20-2)22-15-11-7-4-8-12-15/h4,7-8,11-14H,3,5-6,9-10H2,1-2H3,(H,17,19)/t13?,23-/m1/s1. The predicted octanol–water partition coefficient (Wildman–Crippen LogP) is 3.67. The minimum atomic E-state index is -3.64. The van der Waals surface area contributed by atoms with Crippen molar-refractivity contribution in [3.05, 3.63) is 30.3 Å². The molecule has 1 fully saturated rings. The van der Waals surface area contributed by atoms with Crippen LogP contribution in [0.25, 0.3) is 0 Å². The van der Waals surface area contributed by atoms with E-state index in [2.05, 4.69) is 5.09 Å². The SMILES string of the molecule is CO[P@](=O)(NC(C)C(=O)OC1CCCCC1)Oc1ccccc1. The molecule has 0 amide bonds. The number of carbonyl (C=O) groups excluding carboxylic acids is 1. The van der Waals surface area contributed by atoms with Gasteiger partial charge in [-0.15, -0.1) is 0 Å². The molecular weight excluding hydrogens is 317 g/mol. The first-order valence-electron chi connectivity index (χ1n) is 7.91. The van der Waals surface area contributed by atoms with Crippen molar-refractivity contribution >= 4 is 13.7 Å². The van der Waals surface area contributed by atoms with E-state index < -0.39 is 19.8 Å². The number of nitrogens with one attached hydrogen (secondary N) is 1. The largest absolute Gasteiger partial charge is 0.461 e. The van der Waals surface area contributed by atoms with Gasteiger partial charge in [0.1, 0.15) is 17.9 Å². The molecule has 0 spiro atoms. The van der Waals surface area contributed by atoms with Crippen LogP contribution in [-0.4, -0.2) is 25.2 Å². The van der Waals surface area contributed by atoms with E-state index >= 15 is 0 Å². The minimum absolute atomic E-state index is 0.0440. The van der Waals surface area contributed by atoms with E-state index in [-0.39, 0.29) is 6.10 Å². The predicted molar refractivity (Wildman–Crippen MR) is 87.2 cm³/mol. The van der Waals surface area contributed by atoms with Gasteiger partial charge in [-0.3, -0.25) is 9.32 Å². The van der Waals surface area contributed by atoms with Crippen LogP contribution < -0.4 is 9.61 Å². The molecule has 0 heterocycles. The van der Waals surface area contributed by atoms with E-state index in [0.717, 1.165) is 25.7 Å². The lowest BCUT2D eigenvalue weighted by molar-refractivity contribution is -0.152. The third-order valence-electron chi connectivity index (χ3n) is 3.75. The average molecular weight is 341 g/mol. The fourth-order valence-corrected chi connectivity index (χ4v) is 3.69. The zero-order valence-electron chi connectivity index (χ0n) is 13.6. The number of carbonyl (C=O) groups is 1. The van der Waals surface area contributed by atoms with Crippen LogP contribution in [0.4, 0.5) is 0 Å². The molecule has 1 aliphatic carbocycles. The van der Waals surface area contributed by atoms with E-state index in [4.69, 9.17) is 13.8 Å². The Labute approximate surface area is 137 Å². The Bertz CT molecular complexity index is 545. The van der Waals surface area contributed by atoms with Gasteiger partial charge in [-0.05, 0) is 44.7 Å². The number of ether oxygens (including phenoxy) is 1. The van der Waals surface area contributed by atoms with E-state index in [1.54, 1.807) is 31.2 Å². The van der Waals surface area contributed by atoms with Crippen LogP contribution in [-0.2, 0) is 18.6 Å². The zero-order valence-corrected chi connectivity index (χ0v) is 14.5. The van der Waals surface area contributed by atoms with Gasteiger partial charge in [0.15, 0.2) is 0 Å². The molecule has 0 aromatic heterocycles. The number of hydrogen-bond donors (Lipinski definition) is 1. The lowest BCUT2D eigenvalue weighted by Gasteiger charge is -2.25. The monoisotopic (exact) mass is 341 g/mol. The first-order valence-corrected chi connectivity index (χ1v) is 9.45. The zero-order chi connectivity index (χ0) is 16.7. The molecule has 0 aliphatic heterocycles. The maximum atomic E-state index is 12.6. The van der Waals surface area contributed by atoms with Crippen LogP contribution in [0.1, 0.15) is 39.0 Å². The highest BCUT2D eigenvalue weighted by Crippen LogP contribution is 2.43. The van der Waals surface area contributed by atoms with Gasteiger partial charge in [0.05, 0.1) is 0 Å². The van der Waals surface area contributed by atoms with Crippen molar-refractivity contribution < 1.29 is 23.1 Å². The summed E-state index contributed by atoms with van der Waals surface area (Å²) in [5.74, 6) is -0.0381. The Kier molecular flexibility index (Phi) is 6.63. The highest BCUT2D eigenvalue weighted by atomic mass is 31.2. The number of benzene rings is 1. The third kappa shape index (κ3) is 5.65. The summed E-state index contributed by atoms with van der Waals surface area (Å²) in [6, 6.07) is 7.89. The number of hydrogen-bond acceptors (Lipinski definition) is 5. The summed E-state index contributed by atoms with van der Waals surface area (Å²) in [6.45, 7) is 1.59. The lowest BCUT2D eigenvalue weighted by atomic mass is 9.98. The quantitative estimate of drug-likeness (QED) is 0.602. The molecule has 2 atom stereocenters. The summed E-state index contributed by atoms with van der Waals surface area (Å²) in [7, 11) is -2.36. The summed E-state index contributed by atoms with van der Waals surface area (Å²) in [5, 5.41) is 2.62. The van der Waals surface area contributed by atoms with Gasteiger partial charge >= 0.3 is 13.7 Å². The van der Waals surface area contributed by atoms with Crippen LogP contribution in [0.3, 0.4) is 0 Å². The van der Waals surface area contributed by atoms with Gasteiger partial charge in [-0.1, -0.05) is 24.6 Å². The second kappa shape index (κ2) is 8.48. The normalized spacial score (nSPS) is 19.6. The summed E-state index contributed by atoms with van der Waals surface area (Å²) < 4.78 is 28.4. The van der Waals surface area contributed by atoms with Crippen LogP contribution in [0, 0.1) is 0 Å². The maximum Gasteiger partial charge on any atom is 0.459 e. The van der Waals surface area contributed by atoms with Crippen molar-refractivity contribution in [1.29, 1.82) is 0 Å². The minimum Gasteiger partial charge on any atom is -0.461 e. The van der Waals surface area contributed by atoms with E-state index in [0.29, 0.717) is 5.75 Å². The molecule has 1 saturated carbocycles. The Morgan fingerprint density at radius 1 is 1.22 bits per heavy atom. The van der Waals surface area contributed by atoms with Crippen LogP contribution in [0.2, 0.25) is 0 Å². The van der Waals surface area contributed by atoms with Gasteiger partial charge in [-0.2, -0.15) is 5.09 Å². The summed E-state index contributed by atoms with van der Waals surface area (Å²) >= 11 is 0. The fourth-order valence-electron chi connectivity index (χ4n) is 2.48. The van der Waals surface area contributed by atoms with Gasteiger partial charge in [0.25, 0.3) is 0 Å². The van der Waals surface area contributed by atoms with Crippen molar-refractivity contribution in [2.45, 2.75) is 51.2 Å². The Morgan fingerprint density at radius 2 is 1.87 bits per heavy atom. The summed E-state index contributed by atoms with van der Waals surface area (Å²) in [4.78, 5) is 12.1. The van der Waals surface area contributed by atoms with Gasteiger partial charge in [0.2, 0.25) is 0 Å². The lowest BCUT2D eigenvalue weighted by Crippen LogP contribution is -2.37. The van der Waals surface area contributed by atoms with Crippen molar-refractivity contribution in [3.8, 4) is 5.75 Å². The second-order valence-corrected chi connectivity index (χ2v) is 7.43. The van der Waals surface area contributed by atoms with Crippen molar-refractivity contribution in [2.24, 2.45) is 0 Å². The van der Waals surface area contributed by atoms with Crippen molar-refractivity contribution in [1.82, 2.24) is 5.09 Å². The summed E-state index contributed by atoms with van der Waals surface area (Å²) in [6.07, 6.45) is 5.08. The highest BCUT2D eigenvalue weighted by molar-refractivity contribution is 7.52. The molecule has 1 unspecified atom stereocenters. The third-order valence-corrected chi connectivity index (χ3v) is 5.38. The summed E-state index contributed by atoms with van der Waals surface area (Å²) in [5.41, 5.74) is 0. The Morgan fingerprint density at radius 3 is 2.48 bits per heavy atom. The Hall–Kier alpha value is -1.36. The van der Waals surface area contributed by atoms with Crippen LogP contribution in [0.15, 0.2) is 30.3 Å². The topological polar surface area (TPSA) is 73.9 Å². The molecule has 6 nitrogen and oxygen atoms in total. The molecule has 0 radical (unpaired) electrons. The molecule has 1 aromatic carbocycles.